The highest BCUT2D eigenvalue weighted by Gasteiger charge is 2.50. The fourth-order valence-electron chi connectivity index (χ4n) is 6.28. The summed E-state index contributed by atoms with van der Waals surface area (Å²) in [6.45, 7) is 0. The van der Waals surface area contributed by atoms with Gasteiger partial charge < -0.3 is 9.05 Å². The van der Waals surface area contributed by atoms with E-state index >= 15 is 0 Å². The predicted octanol–water partition coefficient (Wildman–Crippen LogP) is 10.4. The lowest BCUT2D eigenvalue weighted by Crippen LogP contribution is -2.40. The molecule has 0 heterocycles. The lowest BCUT2D eigenvalue weighted by atomic mass is 9.74. The van der Waals surface area contributed by atoms with Crippen molar-refractivity contribution in [3.05, 3.63) is 119 Å². The molecule has 4 atom stereocenters. The van der Waals surface area contributed by atoms with E-state index in [1.165, 1.54) is 48.5 Å². The highest BCUT2D eigenvalue weighted by atomic mass is 31.1. The van der Waals surface area contributed by atoms with Crippen LogP contribution in [0.5, 0.6) is 0 Å². The van der Waals surface area contributed by atoms with Crippen LogP contribution in [0.25, 0.3) is 0 Å². The van der Waals surface area contributed by atoms with Crippen molar-refractivity contribution in [2.75, 3.05) is 0 Å². The minimum atomic E-state index is -4.60. The molecule has 2 aliphatic carbocycles. The maximum Gasteiger partial charge on any atom is 0.416 e. The first-order valence-corrected chi connectivity index (χ1v) is 17.9. The van der Waals surface area contributed by atoms with Crippen LogP contribution >= 0.6 is 16.3 Å². The Bertz CT molecular complexity index is 1550. The van der Waals surface area contributed by atoms with Gasteiger partial charge >= 0.3 is 24.7 Å². The van der Waals surface area contributed by atoms with Crippen LogP contribution in [-0.2, 0) is 33.8 Å². The highest BCUT2D eigenvalue weighted by molar-refractivity contribution is 7.68. The molecule has 6 rings (SSSR count). The van der Waals surface area contributed by atoms with E-state index in [0.29, 0.717) is 40.5 Å². The largest absolute Gasteiger partial charge is 0.416 e. The van der Waals surface area contributed by atoms with E-state index in [2.05, 4.69) is 0 Å². The molecule has 2 fully saturated rings. The van der Waals surface area contributed by atoms with Gasteiger partial charge in [0.05, 0.1) is 50.8 Å². The van der Waals surface area contributed by atoms with Crippen molar-refractivity contribution in [1.29, 1.82) is 0 Å². The van der Waals surface area contributed by atoms with Gasteiger partial charge in [-0.2, -0.15) is 52.7 Å². The summed E-state index contributed by atoms with van der Waals surface area (Å²) >= 11 is 0. The van der Waals surface area contributed by atoms with Crippen molar-refractivity contribution in [3.63, 3.8) is 0 Å². The topological polar surface area (TPSA) is 18.5 Å². The van der Waals surface area contributed by atoms with Gasteiger partial charge in [0.1, 0.15) is 0 Å². The lowest BCUT2D eigenvalue weighted by molar-refractivity contribution is -0.138. The molecule has 16 heteroatoms. The summed E-state index contributed by atoms with van der Waals surface area (Å²) in [5.74, 6) is -0.0323. The Morgan fingerprint density at radius 3 is 0.980 bits per heavy atom. The normalized spacial score (nSPS) is 21.2. The van der Waals surface area contributed by atoms with Gasteiger partial charge in [-0.15, -0.1) is 0 Å². The van der Waals surface area contributed by atoms with Crippen molar-refractivity contribution < 1.29 is 61.7 Å². The fourth-order valence-corrected chi connectivity index (χ4v) is 10.0. The Balaban J connectivity index is 1.22. The van der Waals surface area contributed by atoms with Crippen LogP contribution in [0.2, 0.25) is 0 Å². The van der Waals surface area contributed by atoms with Crippen LogP contribution < -0.4 is 21.2 Å². The maximum absolute atomic E-state index is 13.3. The molecule has 272 valence electrons. The zero-order valence-corrected chi connectivity index (χ0v) is 27.7. The summed E-state index contributed by atoms with van der Waals surface area (Å²) in [7, 11) is -3.70. The second-order valence-electron chi connectivity index (χ2n) is 12.3. The standard InChI is InChI=1S/C35H26F12O2P2/c36-32(37,38)21-1-9-26(10-2-21)50(27-11-3-22(4-12-27)33(39,40)41)48-25-17-20-18-31(30(20)19-25)49-51(28-13-5-23(6-14-28)34(42,43)44)29-15-7-24(8-16-29)35(45,46)47/h1-16,20,25,30-31H,17-19H2/t20-,25-,30-,31+/m1/s1. The van der Waals surface area contributed by atoms with E-state index < -0.39 is 75.5 Å². The summed E-state index contributed by atoms with van der Waals surface area (Å²) in [6.07, 6.45) is -17.8. The minimum Gasteiger partial charge on any atom is -0.346 e. The SMILES string of the molecule is FC(F)(F)c1ccc(P(O[C@@H]2C[C@@H]3C[C@H](OP(c4ccc(C(F)(F)F)cc4)c4ccc(C(F)(F)F)cc4)[C@@H]3C2)c2ccc(C(F)(F)F)cc2)cc1. The molecule has 0 N–H and O–H groups in total. The minimum absolute atomic E-state index is 0.0779. The van der Waals surface area contributed by atoms with E-state index in [4.69, 9.17) is 9.05 Å². The number of alkyl halides is 12. The average molecular weight is 769 g/mol. The molecule has 0 amide bonds. The molecule has 0 aromatic heterocycles. The molecular formula is C35H26F12O2P2. The summed E-state index contributed by atoms with van der Waals surface area (Å²) in [4.78, 5) is 0. The lowest BCUT2D eigenvalue weighted by Gasteiger charge is -2.41. The van der Waals surface area contributed by atoms with Gasteiger partial charge in [0.25, 0.3) is 0 Å². The number of hydrogen-bond acceptors (Lipinski definition) is 2. The number of rotatable bonds is 8. The number of halogens is 12. The van der Waals surface area contributed by atoms with Crippen molar-refractivity contribution >= 4 is 37.5 Å². The number of fused-ring (bicyclic) bond motifs is 1. The van der Waals surface area contributed by atoms with Gasteiger partial charge in [-0.25, -0.2) is 0 Å². The molecule has 51 heavy (non-hydrogen) atoms. The van der Waals surface area contributed by atoms with E-state index in [1.807, 2.05) is 0 Å². The van der Waals surface area contributed by atoms with Crippen LogP contribution in [0.1, 0.15) is 41.5 Å². The summed E-state index contributed by atoms with van der Waals surface area (Å²) in [5, 5.41) is 1.44. The third-order valence-corrected chi connectivity index (χ3v) is 13.0. The summed E-state index contributed by atoms with van der Waals surface area (Å²) < 4.78 is 172. The second-order valence-corrected chi connectivity index (χ2v) is 15.9. The zero-order valence-electron chi connectivity index (χ0n) is 25.9. The average Bonchev–Trinajstić information content (AvgIpc) is 3.38. The van der Waals surface area contributed by atoms with Gasteiger partial charge in [0.15, 0.2) is 0 Å². The Morgan fingerprint density at radius 2 is 0.686 bits per heavy atom. The zero-order chi connectivity index (χ0) is 36.9. The Labute approximate surface area is 286 Å². The molecule has 0 saturated heterocycles. The predicted molar refractivity (Wildman–Crippen MR) is 169 cm³/mol. The molecule has 2 saturated carbocycles. The third-order valence-electron chi connectivity index (χ3n) is 8.93. The van der Waals surface area contributed by atoms with Crippen LogP contribution in [0, 0.1) is 11.8 Å². The fraction of sp³-hybridized carbons (Fsp3) is 0.314. The molecule has 0 aliphatic heterocycles. The second kappa shape index (κ2) is 14.0. The molecule has 0 unspecified atom stereocenters. The Hall–Kier alpha value is -3.18. The number of hydrogen-bond donors (Lipinski definition) is 0. The van der Waals surface area contributed by atoms with Crippen LogP contribution in [0.4, 0.5) is 52.7 Å². The van der Waals surface area contributed by atoms with E-state index in [0.717, 1.165) is 48.5 Å². The quantitative estimate of drug-likeness (QED) is 0.131. The van der Waals surface area contributed by atoms with E-state index in [1.54, 1.807) is 0 Å². The van der Waals surface area contributed by atoms with Gasteiger partial charge in [0, 0.05) is 21.2 Å². The highest BCUT2D eigenvalue weighted by Crippen LogP contribution is 2.56. The van der Waals surface area contributed by atoms with Crippen LogP contribution in [0.15, 0.2) is 97.1 Å². The van der Waals surface area contributed by atoms with Crippen molar-refractivity contribution in [3.8, 4) is 0 Å². The molecule has 4 aromatic carbocycles. The molecule has 0 bridgehead atoms. The smallest absolute Gasteiger partial charge is 0.346 e. The van der Waals surface area contributed by atoms with Crippen molar-refractivity contribution in [2.45, 2.75) is 56.2 Å². The van der Waals surface area contributed by atoms with Crippen molar-refractivity contribution in [1.82, 2.24) is 0 Å². The first kappa shape index (κ1) is 37.6. The molecule has 0 spiro atoms. The Kier molecular flexibility index (Phi) is 10.3. The van der Waals surface area contributed by atoms with Crippen LogP contribution in [0.3, 0.4) is 0 Å². The first-order valence-electron chi connectivity index (χ1n) is 15.4. The summed E-state index contributed by atoms with van der Waals surface area (Å²) in [6, 6.07) is 17.0. The van der Waals surface area contributed by atoms with Gasteiger partial charge in [-0.05, 0) is 79.6 Å². The Morgan fingerprint density at radius 1 is 0.392 bits per heavy atom. The monoisotopic (exact) mass is 768 g/mol. The van der Waals surface area contributed by atoms with Gasteiger partial charge in [0.2, 0.25) is 0 Å². The van der Waals surface area contributed by atoms with Gasteiger partial charge in [-0.3, -0.25) is 0 Å². The van der Waals surface area contributed by atoms with Crippen molar-refractivity contribution in [2.24, 2.45) is 11.8 Å². The maximum atomic E-state index is 13.3. The van der Waals surface area contributed by atoms with E-state index in [9.17, 15) is 52.7 Å². The molecule has 2 aliphatic rings. The molecule has 0 radical (unpaired) electrons. The third kappa shape index (κ3) is 8.56. The molecular weight excluding hydrogens is 742 g/mol. The van der Waals surface area contributed by atoms with Crippen LogP contribution in [-0.4, -0.2) is 12.2 Å². The molecule has 4 aromatic rings. The first-order chi connectivity index (χ1) is 23.8. The molecule has 2 nitrogen and oxygen atoms in total. The number of benzene rings is 4. The van der Waals surface area contributed by atoms with E-state index in [-0.39, 0.29) is 11.8 Å². The summed E-state index contributed by atoms with van der Waals surface area (Å²) in [5.41, 5.74) is -3.59. The van der Waals surface area contributed by atoms with Gasteiger partial charge in [-0.1, -0.05) is 48.5 Å².